The van der Waals surface area contributed by atoms with Crippen LogP contribution in [0.2, 0.25) is 0 Å². The quantitative estimate of drug-likeness (QED) is 0.522. The number of amides is 1. The molecule has 29 heavy (non-hydrogen) atoms. The van der Waals surface area contributed by atoms with E-state index >= 15 is 0 Å². The van der Waals surface area contributed by atoms with Crippen molar-refractivity contribution in [3.8, 4) is 0 Å². The van der Waals surface area contributed by atoms with Crippen LogP contribution >= 0.6 is 0 Å². The summed E-state index contributed by atoms with van der Waals surface area (Å²) in [5.74, 6) is 1.89. The Morgan fingerprint density at radius 2 is 1.83 bits per heavy atom. The van der Waals surface area contributed by atoms with E-state index in [1.807, 2.05) is 7.05 Å². The topological polar surface area (TPSA) is 66.0 Å². The maximum atomic E-state index is 12.6. The Labute approximate surface area is 178 Å². The van der Waals surface area contributed by atoms with Gasteiger partial charge >= 0.3 is 0 Å². The SMILES string of the molecule is CCC(CC)C(=O)N1CCC(NC(=NC)NCC2CCCOC2C(C)(C)C)CC1. The highest BCUT2D eigenvalue weighted by Gasteiger charge is 2.35. The molecule has 2 heterocycles. The molecule has 2 saturated heterocycles. The van der Waals surface area contributed by atoms with Gasteiger partial charge < -0.3 is 20.3 Å². The summed E-state index contributed by atoms with van der Waals surface area (Å²) in [6.45, 7) is 14.4. The van der Waals surface area contributed by atoms with Crippen molar-refractivity contribution in [3.05, 3.63) is 0 Å². The first-order chi connectivity index (χ1) is 13.8. The van der Waals surface area contributed by atoms with Crippen LogP contribution in [-0.4, -0.2) is 62.2 Å². The zero-order valence-electron chi connectivity index (χ0n) is 19.6. The first kappa shape index (κ1) is 24.0. The summed E-state index contributed by atoms with van der Waals surface area (Å²) in [6, 6.07) is 0.368. The number of rotatable bonds is 6. The largest absolute Gasteiger partial charge is 0.377 e. The fraction of sp³-hybridized carbons (Fsp3) is 0.913. The Morgan fingerprint density at radius 1 is 1.17 bits per heavy atom. The van der Waals surface area contributed by atoms with Gasteiger partial charge in [0.1, 0.15) is 0 Å². The minimum Gasteiger partial charge on any atom is -0.377 e. The van der Waals surface area contributed by atoms with Crippen LogP contribution in [0.1, 0.15) is 73.1 Å². The molecule has 0 spiro atoms. The Bertz CT molecular complexity index is 531. The molecular weight excluding hydrogens is 364 g/mol. The molecule has 0 radical (unpaired) electrons. The fourth-order valence-corrected chi connectivity index (χ4v) is 4.77. The van der Waals surface area contributed by atoms with Crippen LogP contribution in [0.3, 0.4) is 0 Å². The summed E-state index contributed by atoms with van der Waals surface area (Å²) in [7, 11) is 1.83. The Hall–Kier alpha value is -1.30. The molecule has 2 aliphatic rings. The van der Waals surface area contributed by atoms with Gasteiger partial charge in [0.25, 0.3) is 0 Å². The van der Waals surface area contributed by atoms with Crippen LogP contribution in [0, 0.1) is 17.3 Å². The summed E-state index contributed by atoms with van der Waals surface area (Å²) in [5, 5.41) is 7.11. The Balaban J connectivity index is 1.80. The molecule has 2 unspecified atom stereocenters. The molecule has 0 aliphatic carbocycles. The maximum Gasteiger partial charge on any atom is 0.225 e. The van der Waals surface area contributed by atoms with E-state index in [0.717, 1.165) is 64.3 Å². The maximum absolute atomic E-state index is 12.6. The van der Waals surface area contributed by atoms with E-state index in [1.54, 1.807) is 0 Å². The summed E-state index contributed by atoms with van der Waals surface area (Å²) in [4.78, 5) is 19.1. The number of nitrogens with zero attached hydrogens (tertiary/aromatic N) is 2. The lowest BCUT2D eigenvalue weighted by Gasteiger charge is -2.40. The normalized spacial score (nSPS) is 24.7. The minimum atomic E-state index is 0.151. The molecule has 0 saturated carbocycles. The highest BCUT2D eigenvalue weighted by molar-refractivity contribution is 5.80. The summed E-state index contributed by atoms with van der Waals surface area (Å²) in [5.41, 5.74) is 0.151. The number of aliphatic imine (C=N–C) groups is 1. The second-order valence-electron chi connectivity index (χ2n) is 9.77. The van der Waals surface area contributed by atoms with Gasteiger partial charge in [-0.1, -0.05) is 34.6 Å². The molecule has 0 aromatic rings. The molecule has 6 heteroatoms. The molecule has 2 N–H and O–H groups in total. The van der Waals surface area contributed by atoms with Gasteiger partial charge in [-0.05, 0) is 43.9 Å². The fourth-order valence-electron chi connectivity index (χ4n) is 4.77. The van der Waals surface area contributed by atoms with E-state index < -0.39 is 0 Å². The molecule has 0 bridgehead atoms. The summed E-state index contributed by atoms with van der Waals surface area (Å²) in [6.07, 6.45) is 6.43. The number of nitrogens with one attached hydrogen (secondary N) is 2. The third-order valence-corrected chi connectivity index (χ3v) is 6.54. The van der Waals surface area contributed by atoms with Gasteiger partial charge in [-0.25, -0.2) is 0 Å². The van der Waals surface area contributed by atoms with Gasteiger partial charge in [0.15, 0.2) is 5.96 Å². The number of piperidine rings is 1. The van der Waals surface area contributed by atoms with Crippen molar-refractivity contribution in [3.63, 3.8) is 0 Å². The average Bonchev–Trinajstić information content (AvgIpc) is 2.72. The second-order valence-corrected chi connectivity index (χ2v) is 9.77. The van der Waals surface area contributed by atoms with Gasteiger partial charge in [-0.2, -0.15) is 0 Å². The van der Waals surface area contributed by atoms with Crippen molar-refractivity contribution >= 4 is 11.9 Å². The number of carbonyl (C=O) groups excluding carboxylic acids is 1. The highest BCUT2D eigenvalue weighted by atomic mass is 16.5. The van der Waals surface area contributed by atoms with E-state index in [2.05, 4.69) is 55.1 Å². The lowest BCUT2D eigenvalue weighted by molar-refractivity contribution is -0.136. The third-order valence-electron chi connectivity index (χ3n) is 6.54. The molecule has 6 nitrogen and oxygen atoms in total. The predicted molar refractivity (Wildman–Crippen MR) is 120 cm³/mol. The standard InChI is InChI=1S/C23H44N4O2/c1-7-17(8-2)21(28)27-13-11-19(12-14-27)26-22(24-6)25-16-18-10-9-15-29-20(18)23(3,4)5/h17-20H,7-16H2,1-6H3,(H2,24,25,26). The zero-order valence-corrected chi connectivity index (χ0v) is 19.6. The lowest BCUT2D eigenvalue weighted by Crippen LogP contribution is -2.52. The molecule has 2 fully saturated rings. The van der Waals surface area contributed by atoms with Gasteiger partial charge in [0, 0.05) is 51.2 Å². The third kappa shape index (κ3) is 6.87. The second kappa shape index (κ2) is 11.2. The van der Waals surface area contributed by atoms with Gasteiger partial charge in [0.05, 0.1) is 6.10 Å². The number of hydrogen-bond acceptors (Lipinski definition) is 3. The average molecular weight is 409 g/mol. The van der Waals surface area contributed by atoms with E-state index in [4.69, 9.17) is 4.74 Å². The number of hydrogen-bond donors (Lipinski definition) is 2. The molecule has 0 aromatic heterocycles. The van der Waals surface area contributed by atoms with E-state index in [0.29, 0.717) is 17.9 Å². The van der Waals surface area contributed by atoms with E-state index in [1.165, 1.54) is 6.42 Å². The minimum absolute atomic E-state index is 0.151. The van der Waals surface area contributed by atoms with Crippen LogP contribution in [0.25, 0.3) is 0 Å². The summed E-state index contributed by atoms with van der Waals surface area (Å²) < 4.78 is 6.11. The van der Waals surface area contributed by atoms with E-state index in [9.17, 15) is 4.79 Å². The number of guanidine groups is 1. The molecule has 2 atom stereocenters. The van der Waals surface area contributed by atoms with Gasteiger partial charge in [-0.3, -0.25) is 9.79 Å². The molecule has 2 rings (SSSR count). The smallest absolute Gasteiger partial charge is 0.225 e. The van der Waals surface area contributed by atoms with E-state index in [-0.39, 0.29) is 17.4 Å². The lowest BCUT2D eigenvalue weighted by atomic mass is 9.78. The molecule has 0 aromatic carbocycles. The number of likely N-dealkylation sites (tertiary alicyclic amines) is 1. The van der Waals surface area contributed by atoms with Crippen LogP contribution in [0.5, 0.6) is 0 Å². The van der Waals surface area contributed by atoms with Gasteiger partial charge in [0.2, 0.25) is 5.91 Å². The molecule has 2 aliphatic heterocycles. The Morgan fingerprint density at radius 3 is 2.38 bits per heavy atom. The van der Waals surface area contributed by atoms with Crippen molar-refractivity contribution in [2.45, 2.75) is 85.3 Å². The van der Waals surface area contributed by atoms with Crippen molar-refractivity contribution in [2.24, 2.45) is 22.2 Å². The van der Waals surface area contributed by atoms with Crippen LogP contribution in [0.15, 0.2) is 4.99 Å². The van der Waals surface area contributed by atoms with Crippen molar-refractivity contribution in [1.29, 1.82) is 0 Å². The monoisotopic (exact) mass is 408 g/mol. The highest BCUT2D eigenvalue weighted by Crippen LogP contribution is 2.33. The number of ether oxygens (including phenoxy) is 1. The predicted octanol–water partition coefficient (Wildman–Crippen LogP) is 3.42. The molecular formula is C23H44N4O2. The van der Waals surface area contributed by atoms with Crippen LogP contribution in [-0.2, 0) is 9.53 Å². The molecule has 168 valence electrons. The Kier molecular flexibility index (Phi) is 9.25. The first-order valence-electron chi connectivity index (χ1n) is 11.7. The van der Waals surface area contributed by atoms with Gasteiger partial charge in [-0.15, -0.1) is 0 Å². The van der Waals surface area contributed by atoms with Crippen LogP contribution in [0.4, 0.5) is 0 Å². The van der Waals surface area contributed by atoms with Crippen molar-refractivity contribution < 1.29 is 9.53 Å². The summed E-state index contributed by atoms with van der Waals surface area (Å²) >= 11 is 0. The number of carbonyl (C=O) groups is 1. The van der Waals surface area contributed by atoms with Crippen molar-refractivity contribution in [1.82, 2.24) is 15.5 Å². The van der Waals surface area contributed by atoms with Crippen LogP contribution < -0.4 is 10.6 Å². The zero-order chi connectivity index (χ0) is 21.4. The van der Waals surface area contributed by atoms with Crippen molar-refractivity contribution in [2.75, 3.05) is 33.3 Å². The first-order valence-corrected chi connectivity index (χ1v) is 11.7. The molecule has 1 amide bonds.